The molecule has 27 heavy (non-hydrogen) atoms. The van der Waals surface area contributed by atoms with Gasteiger partial charge in [0.05, 0.1) is 22.7 Å². The molecule has 3 rings (SSSR count). The van der Waals surface area contributed by atoms with Crippen LogP contribution >= 0.6 is 0 Å². The molecule has 0 saturated heterocycles. The van der Waals surface area contributed by atoms with E-state index in [1.165, 1.54) is 24.3 Å². The van der Waals surface area contributed by atoms with E-state index >= 15 is 0 Å². The maximum Gasteiger partial charge on any atom is 0.253 e. The fraction of sp³-hybridized carbons (Fsp3) is 0.238. The highest BCUT2D eigenvalue weighted by atomic mass is 32.2. The highest BCUT2D eigenvalue weighted by Crippen LogP contribution is 2.26. The molecule has 0 aliphatic rings. The Bertz CT molecular complexity index is 1260. The molecule has 0 aliphatic carbocycles. The van der Waals surface area contributed by atoms with E-state index in [0.29, 0.717) is 16.8 Å². The molecule has 1 heterocycles. The summed E-state index contributed by atoms with van der Waals surface area (Å²) in [5.74, 6) is -0.131. The molecule has 0 unspecified atom stereocenters. The zero-order chi connectivity index (χ0) is 19.9. The first-order chi connectivity index (χ1) is 12.7. The molecule has 0 aliphatic heterocycles. The number of hydrogen-bond acceptors (Lipinski definition) is 3. The first-order valence-corrected chi connectivity index (χ1v) is 10.1. The Morgan fingerprint density at radius 3 is 2.26 bits per heavy atom. The van der Waals surface area contributed by atoms with E-state index < -0.39 is 9.84 Å². The number of fused-ring (bicyclic) bond motifs is 1. The van der Waals surface area contributed by atoms with Crippen LogP contribution in [0.15, 0.2) is 46.1 Å². The summed E-state index contributed by atoms with van der Waals surface area (Å²) < 4.78 is 27.3. The molecule has 0 atom stereocenters. The zero-order valence-electron chi connectivity index (χ0n) is 15.7. The van der Waals surface area contributed by atoms with Gasteiger partial charge in [-0.05, 0) is 49.6 Å². The van der Waals surface area contributed by atoms with Crippen molar-refractivity contribution >= 4 is 26.4 Å². The minimum atomic E-state index is -3.54. The molecular formula is C21H20N2O3S. The van der Waals surface area contributed by atoms with Gasteiger partial charge < -0.3 is 4.57 Å². The van der Waals surface area contributed by atoms with Crippen molar-refractivity contribution in [1.82, 2.24) is 4.57 Å². The maximum absolute atomic E-state index is 12.8. The first-order valence-electron chi connectivity index (χ1n) is 8.45. The molecule has 2 aromatic carbocycles. The van der Waals surface area contributed by atoms with Gasteiger partial charge in [-0.3, -0.25) is 4.79 Å². The topological polar surface area (TPSA) is 60.5 Å². The molecule has 1 aromatic heterocycles. The van der Waals surface area contributed by atoms with Crippen molar-refractivity contribution in [3.05, 3.63) is 80.4 Å². The van der Waals surface area contributed by atoms with E-state index in [9.17, 15) is 13.2 Å². The van der Waals surface area contributed by atoms with Crippen LogP contribution in [0.2, 0.25) is 0 Å². The van der Waals surface area contributed by atoms with Gasteiger partial charge >= 0.3 is 0 Å². The van der Waals surface area contributed by atoms with Crippen molar-refractivity contribution in [1.29, 1.82) is 0 Å². The SMILES string of the molecule is [C-]#[N+]c1ccc(S(=O)(=O)Cc2cc3c(C)c(C)c(=O)n(C)c3cc2C)cc1. The Morgan fingerprint density at radius 2 is 1.67 bits per heavy atom. The Hall–Kier alpha value is -2.91. The number of sulfone groups is 1. The van der Waals surface area contributed by atoms with Gasteiger partial charge in [0.2, 0.25) is 0 Å². The quantitative estimate of drug-likeness (QED) is 0.646. The van der Waals surface area contributed by atoms with Gasteiger partial charge in [-0.15, -0.1) is 0 Å². The summed E-state index contributed by atoms with van der Waals surface area (Å²) in [7, 11) is -1.81. The van der Waals surface area contributed by atoms with Crippen molar-refractivity contribution in [2.24, 2.45) is 7.05 Å². The molecular weight excluding hydrogens is 360 g/mol. The van der Waals surface area contributed by atoms with E-state index in [2.05, 4.69) is 4.85 Å². The summed E-state index contributed by atoms with van der Waals surface area (Å²) in [5.41, 5.74) is 4.22. The average molecular weight is 380 g/mol. The lowest BCUT2D eigenvalue weighted by Gasteiger charge is -2.15. The third-order valence-electron chi connectivity index (χ3n) is 5.08. The lowest BCUT2D eigenvalue weighted by Crippen LogP contribution is -2.21. The first kappa shape index (κ1) is 18.9. The van der Waals surface area contributed by atoms with Crippen molar-refractivity contribution in [3.63, 3.8) is 0 Å². The normalized spacial score (nSPS) is 11.5. The van der Waals surface area contributed by atoms with Gasteiger partial charge in [-0.2, -0.15) is 0 Å². The Labute approximate surface area is 158 Å². The molecule has 0 fully saturated rings. The van der Waals surface area contributed by atoms with Crippen LogP contribution in [0.5, 0.6) is 0 Å². The number of aromatic nitrogens is 1. The second kappa shape index (κ2) is 6.67. The van der Waals surface area contributed by atoms with E-state index in [1.807, 2.05) is 26.0 Å². The zero-order valence-corrected chi connectivity index (χ0v) is 16.5. The van der Waals surface area contributed by atoms with Gasteiger partial charge in [0, 0.05) is 18.0 Å². The van der Waals surface area contributed by atoms with Crippen LogP contribution in [-0.2, 0) is 22.6 Å². The minimum Gasteiger partial charge on any atom is -0.311 e. The number of aryl methyl sites for hydroxylation is 3. The summed E-state index contributed by atoms with van der Waals surface area (Å²) in [6, 6.07) is 9.71. The lowest BCUT2D eigenvalue weighted by molar-refractivity contribution is 0.595. The molecule has 0 N–H and O–H groups in total. The van der Waals surface area contributed by atoms with Crippen LogP contribution in [0.3, 0.4) is 0 Å². The van der Waals surface area contributed by atoms with Crippen LogP contribution in [0.25, 0.3) is 15.7 Å². The predicted octanol–water partition coefficient (Wildman–Crippen LogP) is 3.99. The highest BCUT2D eigenvalue weighted by Gasteiger charge is 2.18. The summed E-state index contributed by atoms with van der Waals surface area (Å²) in [5, 5.41) is 0.883. The largest absolute Gasteiger partial charge is 0.311 e. The maximum atomic E-state index is 12.8. The number of hydrogen-bond donors (Lipinski definition) is 0. The predicted molar refractivity (Wildman–Crippen MR) is 107 cm³/mol. The molecule has 138 valence electrons. The molecule has 6 heteroatoms. The Morgan fingerprint density at radius 1 is 1.04 bits per heavy atom. The lowest BCUT2D eigenvalue weighted by atomic mass is 10.0. The number of nitrogens with zero attached hydrogens (tertiary/aromatic N) is 2. The van der Waals surface area contributed by atoms with Gasteiger partial charge in [0.15, 0.2) is 15.5 Å². The van der Waals surface area contributed by atoms with E-state index in [1.54, 1.807) is 18.5 Å². The van der Waals surface area contributed by atoms with Crippen LogP contribution < -0.4 is 5.56 Å². The average Bonchev–Trinajstić information content (AvgIpc) is 2.65. The molecule has 5 nitrogen and oxygen atoms in total. The fourth-order valence-corrected chi connectivity index (χ4v) is 4.65. The number of benzene rings is 2. The Balaban J connectivity index is 2.13. The molecule has 0 bridgehead atoms. The summed E-state index contributed by atoms with van der Waals surface area (Å²) in [6.07, 6.45) is 0. The van der Waals surface area contributed by atoms with Crippen molar-refractivity contribution in [2.45, 2.75) is 31.4 Å². The minimum absolute atomic E-state index is 0.0420. The molecule has 0 amide bonds. The van der Waals surface area contributed by atoms with E-state index in [-0.39, 0.29) is 16.2 Å². The van der Waals surface area contributed by atoms with Crippen LogP contribution in [0.1, 0.15) is 22.3 Å². The summed E-state index contributed by atoms with van der Waals surface area (Å²) in [4.78, 5) is 15.8. The molecule has 0 spiro atoms. The van der Waals surface area contributed by atoms with Gasteiger partial charge in [-0.25, -0.2) is 13.3 Å². The molecule has 0 saturated carbocycles. The third-order valence-corrected chi connectivity index (χ3v) is 6.76. The monoisotopic (exact) mass is 380 g/mol. The number of rotatable bonds is 3. The molecule has 0 radical (unpaired) electrons. The third kappa shape index (κ3) is 3.26. The summed E-state index contributed by atoms with van der Waals surface area (Å²) in [6.45, 7) is 12.5. The second-order valence-electron chi connectivity index (χ2n) is 6.77. The van der Waals surface area contributed by atoms with Crippen molar-refractivity contribution < 1.29 is 8.42 Å². The van der Waals surface area contributed by atoms with Crippen molar-refractivity contribution in [2.75, 3.05) is 0 Å². The van der Waals surface area contributed by atoms with Crippen molar-refractivity contribution in [3.8, 4) is 0 Å². The molecule has 3 aromatic rings. The second-order valence-corrected chi connectivity index (χ2v) is 8.76. The number of pyridine rings is 1. The standard InChI is InChI=1S/C21H20N2O3S/c1-13-10-20-19(14(2)15(3)21(24)23(20)5)11-16(13)12-27(25,26)18-8-6-17(22-4)7-9-18/h6-11H,12H2,1-3,5H3. The van der Waals surface area contributed by atoms with Gasteiger partial charge in [-0.1, -0.05) is 24.3 Å². The van der Waals surface area contributed by atoms with E-state index in [0.717, 1.165) is 22.0 Å². The highest BCUT2D eigenvalue weighted by molar-refractivity contribution is 7.90. The van der Waals surface area contributed by atoms with Crippen LogP contribution in [0.4, 0.5) is 5.69 Å². The van der Waals surface area contributed by atoms with Crippen LogP contribution in [-0.4, -0.2) is 13.0 Å². The van der Waals surface area contributed by atoms with E-state index in [4.69, 9.17) is 6.57 Å². The smallest absolute Gasteiger partial charge is 0.253 e. The summed E-state index contributed by atoms with van der Waals surface area (Å²) >= 11 is 0. The van der Waals surface area contributed by atoms with Gasteiger partial charge in [0.1, 0.15) is 0 Å². The fourth-order valence-electron chi connectivity index (χ4n) is 3.21. The van der Waals surface area contributed by atoms with Gasteiger partial charge in [0.25, 0.3) is 5.56 Å². The van der Waals surface area contributed by atoms with Crippen LogP contribution in [0, 0.1) is 27.3 Å². The Kier molecular flexibility index (Phi) is 4.66.